The molecule has 0 heterocycles. The van der Waals surface area contributed by atoms with Crippen LogP contribution >= 0.6 is 0 Å². The molecule has 1 heteroatoms. The summed E-state index contributed by atoms with van der Waals surface area (Å²) in [5.74, 6) is 1.06. The van der Waals surface area contributed by atoms with E-state index < -0.39 is 0 Å². The quantitative estimate of drug-likeness (QED) is 0.482. The SMILES string of the molecule is CCCCCCCCCCOc1cccc(C)c1C. The molecule has 1 nitrogen and oxygen atoms in total. The number of hydrogen-bond acceptors (Lipinski definition) is 1. The molecule has 0 saturated carbocycles. The van der Waals surface area contributed by atoms with Crippen LogP contribution in [0.4, 0.5) is 0 Å². The lowest BCUT2D eigenvalue weighted by molar-refractivity contribution is 0.302. The second-order valence-corrected chi connectivity index (χ2v) is 5.52. The van der Waals surface area contributed by atoms with Crippen LogP contribution in [0.25, 0.3) is 0 Å². The lowest BCUT2D eigenvalue weighted by Gasteiger charge is -2.10. The summed E-state index contributed by atoms with van der Waals surface area (Å²) in [6, 6.07) is 6.29. The number of unbranched alkanes of at least 4 members (excludes halogenated alkanes) is 7. The Morgan fingerprint density at radius 1 is 0.842 bits per heavy atom. The van der Waals surface area contributed by atoms with Crippen molar-refractivity contribution in [3.63, 3.8) is 0 Å². The lowest BCUT2D eigenvalue weighted by Crippen LogP contribution is -1.99. The minimum Gasteiger partial charge on any atom is -0.493 e. The van der Waals surface area contributed by atoms with Crippen LogP contribution in [0.5, 0.6) is 5.75 Å². The molecule has 1 rings (SSSR count). The Balaban J connectivity index is 2.03. The van der Waals surface area contributed by atoms with Gasteiger partial charge in [0.1, 0.15) is 5.75 Å². The van der Waals surface area contributed by atoms with Gasteiger partial charge in [-0.2, -0.15) is 0 Å². The Hall–Kier alpha value is -0.980. The predicted molar refractivity (Wildman–Crippen MR) is 84.0 cm³/mol. The van der Waals surface area contributed by atoms with Crippen molar-refractivity contribution in [3.05, 3.63) is 29.3 Å². The molecule has 0 N–H and O–H groups in total. The first-order valence-electron chi connectivity index (χ1n) is 7.94. The predicted octanol–water partition coefficient (Wildman–Crippen LogP) is 5.82. The van der Waals surface area contributed by atoms with E-state index in [1.54, 1.807) is 0 Å². The molecule has 0 aliphatic carbocycles. The van der Waals surface area contributed by atoms with E-state index in [0.717, 1.165) is 12.4 Å². The molecule has 1 aromatic rings. The monoisotopic (exact) mass is 262 g/mol. The number of ether oxygens (including phenoxy) is 1. The van der Waals surface area contributed by atoms with Crippen molar-refractivity contribution in [1.82, 2.24) is 0 Å². The van der Waals surface area contributed by atoms with Crippen LogP contribution in [0.1, 0.15) is 69.4 Å². The molecule has 0 atom stereocenters. The fraction of sp³-hybridized carbons (Fsp3) is 0.667. The smallest absolute Gasteiger partial charge is 0.122 e. The van der Waals surface area contributed by atoms with Gasteiger partial charge in [-0.3, -0.25) is 0 Å². The molecule has 0 aliphatic rings. The van der Waals surface area contributed by atoms with E-state index in [4.69, 9.17) is 4.74 Å². The summed E-state index contributed by atoms with van der Waals surface area (Å²) in [7, 11) is 0. The Kier molecular flexibility index (Phi) is 8.36. The summed E-state index contributed by atoms with van der Waals surface area (Å²) in [6.07, 6.45) is 10.8. The normalized spacial score (nSPS) is 10.7. The molecule has 19 heavy (non-hydrogen) atoms. The largest absolute Gasteiger partial charge is 0.493 e. The lowest BCUT2D eigenvalue weighted by atomic mass is 10.1. The minimum absolute atomic E-state index is 0.860. The molecule has 0 aliphatic heterocycles. The number of rotatable bonds is 10. The first kappa shape index (κ1) is 16.1. The average molecular weight is 262 g/mol. The Bertz CT molecular complexity index is 344. The summed E-state index contributed by atoms with van der Waals surface area (Å²) in [5.41, 5.74) is 2.59. The highest BCUT2D eigenvalue weighted by Gasteiger charge is 2.01. The van der Waals surface area contributed by atoms with E-state index >= 15 is 0 Å². The van der Waals surface area contributed by atoms with Gasteiger partial charge in [-0.1, -0.05) is 64.0 Å². The minimum atomic E-state index is 0.860. The maximum Gasteiger partial charge on any atom is 0.122 e. The molecule has 0 saturated heterocycles. The van der Waals surface area contributed by atoms with Gasteiger partial charge in [-0.15, -0.1) is 0 Å². The van der Waals surface area contributed by atoms with Gasteiger partial charge in [0, 0.05) is 0 Å². The Labute approximate surface area is 119 Å². The fourth-order valence-corrected chi connectivity index (χ4v) is 2.30. The summed E-state index contributed by atoms with van der Waals surface area (Å²) in [4.78, 5) is 0. The third-order valence-corrected chi connectivity index (χ3v) is 3.81. The number of hydrogen-bond donors (Lipinski definition) is 0. The number of aryl methyl sites for hydroxylation is 1. The third kappa shape index (κ3) is 6.66. The van der Waals surface area contributed by atoms with E-state index in [1.807, 2.05) is 0 Å². The molecule has 0 fully saturated rings. The second-order valence-electron chi connectivity index (χ2n) is 5.52. The van der Waals surface area contributed by atoms with Crippen molar-refractivity contribution in [2.24, 2.45) is 0 Å². The van der Waals surface area contributed by atoms with Crippen molar-refractivity contribution in [2.45, 2.75) is 72.1 Å². The first-order chi connectivity index (χ1) is 9.25. The molecular weight excluding hydrogens is 232 g/mol. The van der Waals surface area contributed by atoms with Gasteiger partial charge >= 0.3 is 0 Å². The fourth-order valence-electron chi connectivity index (χ4n) is 2.30. The Morgan fingerprint density at radius 3 is 2.16 bits per heavy atom. The third-order valence-electron chi connectivity index (χ3n) is 3.81. The van der Waals surface area contributed by atoms with Gasteiger partial charge in [-0.25, -0.2) is 0 Å². The van der Waals surface area contributed by atoms with E-state index in [9.17, 15) is 0 Å². The van der Waals surface area contributed by atoms with Gasteiger partial charge in [0.15, 0.2) is 0 Å². The second kappa shape index (κ2) is 9.89. The molecule has 108 valence electrons. The van der Waals surface area contributed by atoms with Crippen LogP contribution in [-0.2, 0) is 0 Å². The van der Waals surface area contributed by atoms with Crippen molar-refractivity contribution in [3.8, 4) is 5.75 Å². The standard InChI is InChI=1S/C18H30O/c1-4-5-6-7-8-9-10-11-15-19-18-14-12-13-16(2)17(18)3/h12-14H,4-11,15H2,1-3H3. The molecule has 0 aromatic heterocycles. The number of benzene rings is 1. The van der Waals surface area contributed by atoms with Gasteiger partial charge < -0.3 is 4.74 Å². The highest BCUT2D eigenvalue weighted by Crippen LogP contribution is 2.20. The maximum absolute atomic E-state index is 5.86. The highest BCUT2D eigenvalue weighted by molar-refractivity contribution is 5.38. The van der Waals surface area contributed by atoms with Crippen molar-refractivity contribution >= 4 is 0 Å². The summed E-state index contributed by atoms with van der Waals surface area (Å²) in [6.45, 7) is 7.40. The molecule has 0 amide bonds. The van der Waals surface area contributed by atoms with E-state index in [2.05, 4.69) is 39.0 Å². The summed E-state index contributed by atoms with van der Waals surface area (Å²) >= 11 is 0. The summed E-state index contributed by atoms with van der Waals surface area (Å²) in [5, 5.41) is 0. The zero-order valence-electron chi connectivity index (χ0n) is 13.0. The van der Waals surface area contributed by atoms with Gasteiger partial charge in [0.2, 0.25) is 0 Å². The van der Waals surface area contributed by atoms with Crippen LogP contribution in [0.15, 0.2) is 18.2 Å². The molecule has 0 unspecified atom stereocenters. The molecule has 0 radical (unpaired) electrons. The van der Waals surface area contributed by atoms with Crippen LogP contribution in [0, 0.1) is 13.8 Å². The summed E-state index contributed by atoms with van der Waals surface area (Å²) < 4.78 is 5.86. The van der Waals surface area contributed by atoms with E-state index in [1.165, 1.54) is 62.5 Å². The van der Waals surface area contributed by atoms with Gasteiger partial charge in [-0.05, 0) is 37.5 Å². The topological polar surface area (TPSA) is 9.23 Å². The molecule has 1 aromatic carbocycles. The first-order valence-corrected chi connectivity index (χ1v) is 7.94. The van der Waals surface area contributed by atoms with E-state index in [0.29, 0.717) is 0 Å². The van der Waals surface area contributed by atoms with Crippen LogP contribution < -0.4 is 4.74 Å². The zero-order valence-corrected chi connectivity index (χ0v) is 13.0. The molecular formula is C18H30O. The molecule has 0 spiro atoms. The van der Waals surface area contributed by atoms with Gasteiger partial charge in [0.05, 0.1) is 6.61 Å². The zero-order chi connectivity index (χ0) is 13.9. The van der Waals surface area contributed by atoms with Crippen LogP contribution in [0.3, 0.4) is 0 Å². The average Bonchev–Trinajstić information content (AvgIpc) is 2.41. The van der Waals surface area contributed by atoms with Crippen LogP contribution in [0.2, 0.25) is 0 Å². The van der Waals surface area contributed by atoms with E-state index in [-0.39, 0.29) is 0 Å². The van der Waals surface area contributed by atoms with Crippen molar-refractivity contribution < 1.29 is 4.74 Å². The maximum atomic E-state index is 5.86. The van der Waals surface area contributed by atoms with Gasteiger partial charge in [0.25, 0.3) is 0 Å². The van der Waals surface area contributed by atoms with Crippen LogP contribution in [-0.4, -0.2) is 6.61 Å². The van der Waals surface area contributed by atoms with Crippen molar-refractivity contribution in [1.29, 1.82) is 0 Å². The van der Waals surface area contributed by atoms with Crippen molar-refractivity contribution in [2.75, 3.05) is 6.61 Å². The molecule has 0 bridgehead atoms. The highest BCUT2D eigenvalue weighted by atomic mass is 16.5. The Morgan fingerprint density at radius 2 is 1.47 bits per heavy atom.